The third-order valence-electron chi connectivity index (χ3n) is 4.14. The van der Waals surface area contributed by atoms with E-state index in [-0.39, 0.29) is 30.3 Å². The quantitative estimate of drug-likeness (QED) is 0.607. The van der Waals surface area contributed by atoms with E-state index >= 15 is 0 Å². The highest BCUT2D eigenvalue weighted by Gasteiger charge is 2.09. The molecule has 0 aliphatic heterocycles. The highest BCUT2D eigenvalue weighted by Crippen LogP contribution is 2.15. The summed E-state index contributed by atoms with van der Waals surface area (Å²) >= 11 is 0. The Morgan fingerprint density at radius 1 is 1.00 bits per heavy atom. The molecule has 2 aromatic carbocycles. The van der Waals surface area contributed by atoms with Crippen LogP contribution in [0.2, 0.25) is 0 Å². The van der Waals surface area contributed by atoms with Crippen molar-refractivity contribution in [1.29, 1.82) is 0 Å². The van der Waals surface area contributed by atoms with Gasteiger partial charge in [0.05, 0.1) is 10.9 Å². The Balaban J connectivity index is 1.62. The smallest absolute Gasteiger partial charge is 0.326 e. The summed E-state index contributed by atoms with van der Waals surface area (Å²) in [4.78, 5) is 50.5. The van der Waals surface area contributed by atoms with Crippen LogP contribution in [0, 0.1) is 0 Å². The molecule has 0 bridgehead atoms. The lowest BCUT2D eigenvalue weighted by atomic mass is 10.2. The third-order valence-corrected chi connectivity index (χ3v) is 4.14. The minimum absolute atomic E-state index is 0.137. The summed E-state index contributed by atoms with van der Waals surface area (Å²) < 4.78 is 1.10. The second-order valence-electron chi connectivity index (χ2n) is 6.35. The van der Waals surface area contributed by atoms with Gasteiger partial charge in [0.15, 0.2) is 0 Å². The molecule has 0 radical (unpaired) electrons. The second-order valence-corrected chi connectivity index (χ2v) is 6.35. The number of para-hydroxylation sites is 1. The van der Waals surface area contributed by atoms with Gasteiger partial charge in [-0.25, -0.2) is 4.79 Å². The first kappa shape index (κ1) is 19.1. The van der Waals surface area contributed by atoms with Crippen LogP contribution in [0.25, 0.3) is 10.9 Å². The van der Waals surface area contributed by atoms with Crippen molar-refractivity contribution in [2.45, 2.75) is 26.3 Å². The molecule has 144 valence electrons. The Hall–Kier alpha value is -3.68. The van der Waals surface area contributed by atoms with Gasteiger partial charge in [-0.05, 0) is 36.8 Å². The molecule has 3 aromatic rings. The highest BCUT2D eigenvalue weighted by molar-refractivity contribution is 5.93. The number of hydrogen-bond donors (Lipinski definition) is 3. The fourth-order valence-electron chi connectivity index (χ4n) is 2.90. The van der Waals surface area contributed by atoms with Gasteiger partial charge in [0, 0.05) is 31.3 Å². The number of benzene rings is 2. The van der Waals surface area contributed by atoms with Crippen molar-refractivity contribution in [3.05, 3.63) is 69.4 Å². The van der Waals surface area contributed by atoms with E-state index in [0.29, 0.717) is 28.7 Å². The minimum atomic E-state index is -0.493. The largest absolute Gasteiger partial charge is 0.328 e. The fourth-order valence-corrected chi connectivity index (χ4v) is 2.90. The molecular formula is C20H20N4O4. The molecular weight excluding hydrogens is 360 g/mol. The summed E-state index contributed by atoms with van der Waals surface area (Å²) in [5.74, 6) is -0.445. The number of amides is 2. The van der Waals surface area contributed by atoms with E-state index in [1.165, 1.54) is 6.92 Å². The molecule has 0 aliphatic carbocycles. The molecule has 0 unspecified atom stereocenters. The first-order valence-electron chi connectivity index (χ1n) is 8.83. The first-order chi connectivity index (χ1) is 13.4. The second kappa shape index (κ2) is 8.34. The zero-order chi connectivity index (χ0) is 20.1. The zero-order valence-corrected chi connectivity index (χ0v) is 15.3. The summed E-state index contributed by atoms with van der Waals surface area (Å²) in [5, 5.41) is 5.81. The van der Waals surface area contributed by atoms with E-state index in [1.54, 1.807) is 48.5 Å². The average molecular weight is 380 g/mol. The molecule has 0 aliphatic rings. The summed E-state index contributed by atoms with van der Waals surface area (Å²) in [6.45, 7) is 1.54. The van der Waals surface area contributed by atoms with Gasteiger partial charge in [0.2, 0.25) is 11.8 Å². The third kappa shape index (κ3) is 4.53. The number of rotatable bonds is 6. The number of aromatic nitrogens is 2. The number of H-pyrrole nitrogens is 1. The normalized spacial score (nSPS) is 10.6. The lowest BCUT2D eigenvalue weighted by Gasteiger charge is -2.09. The van der Waals surface area contributed by atoms with Gasteiger partial charge in [-0.15, -0.1) is 0 Å². The van der Waals surface area contributed by atoms with E-state index < -0.39 is 5.69 Å². The summed E-state index contributed by atoms with van der Waals surface area (Å²) in [7, 11) is 0. The van der Waals surface area contributed by atoms with Crippen molar-refractivity contribution in [1.82, 2.24) is 9.55 Å². The Labute approximate surface area is 160 Å². The Bertz CT molecular complexity index is 1150. The van der Waals surface area contributed by atoms with Gasteiger partial charge < -0.3 is 15.6 Å². The van der Waals surface area contributed by atoms with Crippen LogP contribution >= 0.6 is 0 Å². The number of hydrogen-bond acceptors (Lipinski definition) is 4. The number of fused-ring (bicyclic) bond motifs is 1. The van der Waals surface area contributed by atoms with Gasteiger partial charge in [0.1, 0.15) is 0 Å². The highest BCUT2D eigenvalue weighted by atomic mass is 16.2. The zero-order valence-electron chi connectivity index (χ0n) is 15.3. The molecule has 3 rings (SSSR count). The Morgan fingerprint density at radius 2 is 1.71 bits per heavy atom. The van der Waals surface area contributed by atoms with Gasteiger partial charge >= 0.3 is 5.69 Å². The number of anilines is 2. The van der Waals surface area contributed by atoms with Crippen molar-refractivity contribution in [3.8, 4) is 0 Å². The molecule has 1 aromatic heterocycles. The number of carbonyl (C=O) groups is 2. The molecule has 8 heteroatoms. The van der Waals surface area contributed by atoms with E-state index in [4.69, 9.17) is 0 Å². The van der Waals surface area contributed by atoms with Gasteiger partial charge in [-0.2, -0.15) is 0 Å². The maximum atomic E-state index is 12.4. The van der Waals surface area contributed by atoms with Crippen LogP contribution in [0.15, 0.2) is 58.1 Å². The number of carbonyl (C=O) groups excluding carboxylic acids is 2. The van der Waals surface area contributed by atoms with Crippen LogP contribution in [-0.4, -0.2) is 21.4 Å². The fraction of sp³-hybridized carbons (Fsp3) is 0.200. The molecule has 0 spiro atoms. The number of nitrogens with zero attached hydrogens (tertiary/aromatic N) is 1. The van der Waals surface area contributed by atoms with Crippen molar-refractivity contribution >= 4 is 34.1 Å². The Kier molecular flexibility index (Phi) is 5.69. The van der Waals surface area contributed by atoms with Crippen LogP contribution < -0.4 is 21.9 Å². The van der Waals surface area contributed by atoms with Crippen molar-refractivity contribution in [3.63, 3.8) is 0 Å². The number of nitrogens with one attached hydrogen (secondary N) is 3. The van der Waals surface area contributed by atoms with Crippen LogP contribution in [0.3, 0.4) is 0 Å². The van der Waals surface area contributed by atoms with Crippen molar-refractivity contribution < 1.29 is 9.59 Å². The molecule has 0 atom stereocenters. The monoisotopic (exact) mass is 380 g/mol. The molecule has 3 N–H and O–H groups in total. The van der Waals surface area contributed by atoms with E-state index in [0.717, 1.165) is 4.57 Å². The van der Waals surface area contributed by atoms with E-state index in [9.17, 15) is 19.2 Å². The SMILES string of the molecule is CC(=O)Nc1cccc(NC(=O)CCCn2c(=O)[nH]c3ccccc3c2=O)c1. The first-order valence-corrected chi connectivity index (χ1v) is 8.83. The van der Waals surface area contributed by atoms with Gasteiger partial charge in [0.25, 0.3) is 5.56 Å². The van der Waals surface area contributed by atoms with Crippen LogP contribution in [0.4, 0.5) is 11.4 Å². The maximum Gasteiger partial charge on any atom is 0.328 e. The van der Waals surface area contributed by atoms with Crippen LogP contribution in [0.1, 0.15) is 19.8 Å². The standard InChI is InChI=1S/C20H20N4O4/c1-13(25)21-14-6-4-7-15(12-14)22-18(26)10-5-11-24-19(27)16-8-2-3-9-17(16)23-20(24)28/h2-4,6-9,12H,5,10-11H2,1H3,(H,21,25)(H,22,26)(H,23,28). The lowest BCUT2D eigenvalue weighted by molar-refractivity contribution is -0.116. The molecule has 0 fully saturated rings. The van der Waals surface area contributed by atoms with E-state index in [2.05, 4.69) is 15.6 Å². The summed E-state index contributed by atoms with van der Waals surface area (Å²) in [6, 6.07) is 13.6. The lowest BCUT2D eigenvalue weighted by Crippen LogP contribution is -2.35. The summed E-state index contributed by atoms with van der Waals surface area (Å²) in [5.41, 5.74) is 0.761. The molecule has 1 heterocycles. The average Bonchev–Trinajstić information content (AvgIpc) is 2.64. The maximum absolute atomic E-state index is 12.4. The number of aromatic amines is 1. The van der Waals surface area contributed by atoms with E-state index in [1.807, 2.05) is 0 Å². The van der Waals surface area contributed by atoms with Crippen molar-refractivity contribution in [2.75, 3.05) is 10.6 Å². The predicted octanol–water partition coefficient (Wildman–Crippen LogP) is 2.07. The van der Waals surface area contributed by atoms with Crippen molar-refractivity contribution in [2.24, 2.45) is 0 Å². The van der Waals surface area contributed by atoms with Gasteiger partial charge in [-0.3, -0.25) is 19.0 Å². The predicted molar refractivity (Wildman–Crippen MR) is 107 cm³/mol. The molecule has 0 saturated heterocycles. The molecule has 28 heavy (non-hydrogen) atoms. The molecule has 8 nitrogen and oxygen atoms in total. The van der Waals surface area contributed by atoms with Crippen LogP contribution in [-0.2, 0) is 16.1 Å². The van der Waals surface area contributed by atoms with Crippen LogP contribution in [0.5, 0.6) is 0 Å². The minimum Gasteiger partial charge on any atom is -0.326 e. The molecule has 2 amide bonds. The topological polar surface area (TPSA) is 113 Å². The summed E-state index contributed by atoms with van der Waals surface area (Å²) in [6.07, 6.45) is 0.474. The molecule has 0 saturated carbocycles. The Morgan fingerprint density at radius 3 is 2.46 bits per heavy atom. The van der Waals surface area contributed by atoms with Gasteiger partial charge in [-0.1, -0.05) is 18.2 Å².